The van der Waals surface area contributed by atoms with Crippen molar-refractivity contribution < 1.29 is 17.9 Å². The van der Waals surface area contributed by atoms with E-state index in [0.29, 0.717) is 11.3 Å². The molecule has 7 heteroatoms. The fourth-order valence-corrected chi connectivity index (χ4v) is 4.50. The molecule has 1 saturated carbocycles. The summed E-state index contributed by atoms with van der Waals surface area (Å²) in [4.78, 5) is 12.3. The van der Waals surface area contributed by atoms with Crippen molar-refractivity contribution in [3.8, 4) is 5.75 Å². The molecule has 0 saturated heterocycles. The molecule has 140 valence electrons. The van der Waals surface area contributed by atoms with Crippen LogP contribution in [0.5, 0.6) is 5.75 Å². The van der Waals surface area contributed by atoms with E-state index < -0.39 is 10.0 Å². The van der Waals surface area contributed by atoms with E-state index in [-0.39, 0.29) is 23.4 Å². The number of carbonyl (C=O) groups excluding carboxylic acids is 1. The highest BCUT2D eigenvalue weighted by atomic mass is 32.2. The van der Waals surface area contributed by atoms with Crippen molar-refractivity contribution in [1.82, 2.24) is 10.0 Å². The predicted molar refractivity (Wildman–Crippen MR) is 97.3 cm³/mol. The highest BCUT2D eigenvalue weighted by Gasteiger charge is 2.21. The largest absolute Gasteiger partial charge is 0.496 e. The van der Waals surface area contributed by atoms with Gasteiger partial charge in [-0.3, -0.25) is 4.79 Å². The first-order valence-electron chi connectivity index (χ1n) is 8.78. The highest BCUT2D eigenvalue weighted by molar-refractivity contribution is 7.89. The number of nitrogens with one attached hydrogen (secondary N) is 2. The summed E-state index contributed by atoms with van der Waals surface area (Å²) >= 11 is 0. The summed E-state index contributed by atoms with van der Waals surface area (Å²) in [7, 11) is -2.20. The van der Waals surface area contributed by atoms with Gasteiger partial charge in [0.05, 0.1) is 18.6 Å². The van der Waals surface area contributed by atoms with Gasteiger partial charge in [-0.2, -0.15) is 0 Å². The molecule has 1 aromatic rings. The Morgan fingerprint density at radius 3 is 2.36 bits per heavy atom. The van der Waals surface area contributed by atoms with Crippen molar-refractivity contribution in [3.63, 3.8) is 0 Å². The fourth-order valence-electron chi connectivity index (χ4n) is 3.21. The summed E-state index contributed by atoms with van der Waals surface area (Å²) < 4.78 is 32.7. The molecular weight excluding hydrogens is 340 g/mol. The van der Waals surface area contributed by atoms with Crippen LogP contribution in [0, 0.1) is 13.8 Å². The number of benzene rings is 1. The maximum Gasteiger partial charge on any atom is 0.241 e. The number of aryl methyl sites for hydroxylation is 2. The third kappa shape index (κ3) is 5.44. The first kappa shape index (κ1) is 19.7. The lowest BCUT2D eigenvalue weighted by atomic mass is 10.1. The van der Waals surface area contributed by atoms with Crippen LogP contribution in [0.15, 0.2) is 17.0 Å². The molecule has 0 spiro atoms. The summed E-state index contributed by atoms with van der Waals surface area (Å²) in [5.74, 6) is 0.362. The lowest BCUT2D eigenvalue weighted by Crippen LogP contribution is -2.41. The maximum atomic E-state index is 12.5. The maximum absolute atomic E-state index is 12.5. The van der Waals surface area contributed by atoms with Crippen LogP contribution in [-0.4, -0.2) is 34.0 Å². The molecule has 0 heterocycles. The van der Waals surface area contributed by atoms with Crippen molar-refractivity contribution in [3.05, 3.63) is 23.3 Å². The molecule has 0 atom stereocenters. The van der Waals surface area contributed by atoms with Gasteiger partial charge in [-0.05, 0) is 49.9 Å². The highest BCUT2D eigenvalue weighted by Crippen LogP contribution is 2.25. The molecule has 1 amide bonds. The van der Waals surface area contributed by atoms with Crippen LogP contribution in [0.1, 0.15) is 49.7 Å². The van der Waals surface area contributed by atoms with Gasteiger partial charge >= 0.3 is 0 Å². The standard InChI is InChI=1S/C18H28N2O4S/c1-13-11-17(14(2)10-16(13)24-3)25(22,23)19-12-18(21)20-15-8-6-4-5-7-9-15/h10-11,15,19H,4-9,12H2,1-3H3,(H,20,21). The number of hydrogen-bond acceptors (Lipinski definition) is 4. The molecule has 1 aromatic carbocycles. The van der Waals surface area contributed by atoms with Gasteiger partial charge in [0, 0.05) is 6.04 Å². The molecule has 0 aromatic heterocycles. The average Bonchev–Trinajstić information content (AvgIpc) is 2.83. The first-order chi connectivity index (χ1) is 11.8. The van der Waals surface area contributed by atoms with Crippen LogP contribution in [0.4, 0.5) is 0 Å². The second-order valence-corrected chi connectivity index (χ2v) is 8.40. The Kier molecular flexibility index (Phi) is 6.84. The van der Waals surface area contributed by atoms with E-state index in [1.54, 1.807) is 33.1 Å². The second kappa shape index (κ2) is 8.67. The van der Waals surface area contributed by atoms with Crippen molar-refractivity contribution >= 4 is 15.9 Å². The van der Waals surface area contributed by atoms with Gasteiger partial charge in [0.25, 0.3) is 0 Å². The van der Waals surface area contributed by atoms with Gasteiger partial charge in [-0.1, -0.05) is 25.7 Å². The zero-order valence-corrected chi connectivity index (χ0v) is 16.0. The van der Waals surface area contributed by atoms with E-state index in [9.17, 15) is 13.2 Å². The van der Waals surface area contributed by atoms with Crippen LogP contribution in [0.2, 0.25) is 0 Å². The van der Waals surface area contributed by atoms with Gasteiger partial charge in [-0.15, -0.1) is 0 Å². The molecule has 1 aliphatic carbocycles. The Bertz CT molecular complexity index is 708. The van der Waals surface area contributed by atoms with Crippen molar-refractivity contribution in [1.29, 1.82) is 0 Å². The Balaban J connectivity index is 1.99. The van der Waals surface area contributed by atoms with Crippen molar-refractivity contribution in [2.24, 2.45) is 0 Å². The Morgan fingerprint density at radius 1 is 1.12 bits per heavy atom. The smallest absolute Gasteiger partial charge is 0.241 e. The molecule has 0 radical (unpaired) electrons. The lowest BCUT2D eigenvalue weighted by Gasteiger charge is -2.17. The topological polar surface area (TPSA) is 84.5 Å². The van der Waals surface area contributed by atoms with Gasteiger partial charge in [0.15, 0.2) is 0 Å². The molecule has 0 unspecified atom stereocenters. The molecule has 0 aliphatic heterocycles. The minimum absolute atomic E-state index is 0.157. The molecule has 2 rings (SSSR count). The van der Waals surface area contributed by atoms with E-state index in [2.05, 4.69) is 10.0 Å². The monoisotopic (exact) mass is 368 g/mol. The molecule has 1 aliphatic rings. The lowest BCUT2D eigenvalue weighted by molar-refractivity contribution is -0.120. The summed E-state index contributed by atoms with van der Waals surface area (Å²) in [5, 5.41) is 2.94. The van der Waals surface area contributed by atoms with E-state index in [0.717, 1.165) is 31.2 Å². The normalized spacial score (nSPS) is 16.3. The summed E-state index contributed by atoms with van der Waals surface area (Å²) in [5.41, 5.74) is 1.32. The number of carbonyl (C=O) groups is 1. The number of sulfonamides is 1. The van der Waals surface area contributed by atoms with Crippen molar-refractivity contribution in [2.75, 3.05) is 13.7 Å². The molecule has 1 fully saturated rings. The number of ether oxygens (including phenoxy) is 1. The second-order valence-electron chi connectivity index (χ2n) is 6.67. The number of hydrogen-bond donors (Lipinski definition) is 2. The van der Waals surface area contributed by atoms with Gasteiger partial charge in [0.2, 0.25) is 15.9 Å². The zero-order valence-electron chi connectivity index (χ0n) is 15.2. The third-order valence-electron chi connectivity index (χ3n) is 4.62. The van der Waals surface area contributed by atoms with Crippen molar-refractivity contribution in [2.45, 2.75) is 63.3 Å². The van der Waals surface area contributed by atoms with Crippen LogP contribution in [-0.2, 0) is 14.8 Å². The Labute approximate surface area is 150 Å². The van der Waals surface area contributed by atoms with E-state index in [1.165, 1.54) is 12.8 Å². The Hall–Kier alpha value is -1.60. The fraction of sp³-hybridized carbons (Fsp3) is 0.611. The van der Waals surface area contributed by atoms with Crippen LogP contribution in [0.3, 0.4) is 0 Å². The predicted octanol–water partition coefficient (Wildman–Crippen LogP) is 2.43. The number of methoxy groups -OCH3 is 1. The zero-order chi connectivity index (χ0) is 18.4. The molecule has 0 bridgehead atoms. The SMILES string of the molecule is COc1cc(C)c(S(=O)(=O)NCC(=O)NC2CCCCCC2)cc1C. The summed E-state index contributed by atoms with van der Waals surface area (Å²) in [6.07, 6.45) is 6.57. The molecule has 6 nitrogen and oxygen atoms in total. The molecular formula is C18H28N2O4S. The summed E-state index contributed by atoms with van der Waals surface area (Å²) in [6, 6.07) is 3.42. The third-order valence-corrected chi connectivity index (χ3v) is 6.17. The minimum Gasteiger partial charge on any atom is -0.496 e. The van der Waals surface area contributed by atoms with E-state index in [1.807, 2.05) is 0 Å². The van der Waals surface area contributed by atoms with Crippen LogP contribution in [0.25, 0.3) is 0 Å². The van der Waals surface area contributed by atoms with Gasteiger partial charge in [0.1, 0.15) is 5.75 Å². The van der Waals surface area contributed by atoms with Crippen LogP contribution < -0.4 is 14.8 Å². The molecule has 2 N–H and O–H groups in total. The van der Waals surface area contributed by atoms with E-state index in [4.69, 9.17) is 4.74 Å². The number of rotatable bonds is 6. The molecule has 25 heavy (non-hydrogen) atoms. The number of amides is 1. The van der Waals surface area contributed by atoms with Gasteiger partial charge in [-0.25, -0.2) is 13.1 Å². The van der Waals surface area contributed by atoms with Gasteiger partial charge < -0.3 is 10.1 Å². The average molecular weight is 368 g/mol. The van der Waals surface area contributed by atoms with E-state index >= 15 is 0 Å². The van der Waals surface area contributed by atoms with Crippen LogP contribution >= 0.6 is 0 Å². The minimum atomic E-state index is -3.75. The quantitative estimate of drug-likeness (QED) is 0.755. The Morgan fingerprint density at radius 2 is 1.76 bits per heavy atom. The first-order valence-corrected chi connectivity index (χ1v) is 10.3. The summed E-state index contributed by atoms with van der Waals surface area (Å²) in [6.45, 7) is 3.25.